The third-order valence-electron chi connectivity index (χ3n) is 3.46. The summed E-state index contributed by atoms with van der Waals surface area (Å²) in [5.41, 5.74) is 2.02. The Balaban J connectivity index is 1.63. The van der Waals surface area contributed by atoms with Gasteiger partial charge in [0.2, 0.25) is 5.91 Å². The molecule has 0 unspecified atom stereocenters. The van der Waals surface area contributed by atoms with Gasteiger partial charge < -0.3 is 10.3 Å². The molecule has 2 N–H and O–H groups in total. The summed E-state index contributed by atoms with van der Waals surface area (Å²) in [4.78, 5) is 29.5. The number of H-pyrrole nitrogens is 1. The Morgan fingerprint density at radius 3 is 2.71 bits per heavy atom. The van der Waals surface area contributed by atoms with Crippen LogP contribution in [0.4, 0.5) is 5.69 Å². The highest BCUT2D eigenvalue weighted by Gasteiger charge is 2.10. The SMILES string of the molecule is O=C(Cc1ccc(Cl)cc1)NCc1nc2ccc([N+](=O)[O-])cc2[nH]1. The number of nitrogens with one attached hydrogen (secondary N) is 2. The van der Waals surface area contributed by atoms with Gasteiger partial charge in [0.25, 0.3) is 5.69 Å². The van der Waals surface area contributed by atoms with E-state index in [4.69, 9.17) is 11.6 Å². The molecule has 0 aliphatic carbocycles. The zero-order chi connectivity index (χ0) is 17.1. The van der Waals surface area contributed by atoms with Crippen molar-refractivity contribution in [1.29, 1.82) is 0 Å². The smallest absolute Gasteiger partial charge is 0.271 e. The number of carbonyl (C=O) groups excluding carboxylic acids is 1. The minimum absolute atomic E-state index is 0.00975. The first-order valence-electron chi connectivity index (χ1n) is 7.15. The highest BCUT2D eigenvalue weighted by molar-refractivity contribution is 6.30. The van der Waals surface area contributed by atoms with Crippen molar-refractivity contribution in [2.45, 2.75) is 13.0 Å². The first-order valence-corrected chi connectivity index (χ1v) is 7.53. The van der Waals surface area contributed by atoms with Crippen molar-refractivity contribution < 1.29 is 9.72 Å². The molecule has 1 aromatic heterocycles. The molecule has 24 heavy (non-hydrogen) atoms. The zero-order valence-corrected chi connectivity index (χ0v) is 13.2. The average Bonchev–Trinajstić information content (AvgIpc) is 2.97. The minimum Gasteiger partial charge on any atom is -0.349 e. The van der Waals surface area contributed by atoms with E-state index in [2.05, 4.69) is 15.3 Å². The van der Waals surface area contributed by atoms with Crippen LogP contribution in [0.15, 0.2) is 42.5 Å². The van der Waals surface area contributed by atoms with E-state index in [0.29, 0.717) is 21.9 Å². The van der Waals surface area contributed by atoms with E-state index in [1.165, 1.54) is 12.1 Å². The zero-order valence-electron chi connectivity index (χ0n) is 12.5. The normalized spacial score (nSPS) is 10.7. The van der Waals surface area contributed by atoms with Crippen LogP contribution in [0.25, 0.3) is 11.0 Å². The summed E-state index contributed by atoms with van der Waals surface area (Å²) in [6, 6.07) is 11.4. The van der Waals surface area contributed by atoms with Gasteiger partial charge >= 0.3 is 0 Å². The number of imidazole rings is 1. The highest BCUT2D eigenvalue weighted by Crippen LogP contribution is 2.18. The number of fused-ring (bicyclic) bond motifs is 1. The van der Waals surface area contributed by atoms with Gasteiger partial charge in [0.15, 0.2) is 0 Å². The molecule has 0 spiro atoms. The molecule has 0 aliphatic heterocycles. The predicted octanol–water partition coefficient (Wildman–Crippen LogP) is 2.98. The molecule has 3 aromatic rings. The third kappa shape index (κ3) is 3.69. The van der Waals surface area contributed by atoms with Crippen LogP contribution in [0, 0.1) is 10.1 Å². The molecule has 0 saturated carbocycles. The van der Waals surface area contributed by atoms with E-state index in [1.807, 2.05) is 0 Å². The van der Waals surface area contributed by atoms with Crippen molar-refractivity contribution in [1.82, 2.24) is 15.3 Å². The van der Waals surface area contributed by atoms with Crippen LogP contribution in [0.1, 0.15) is 11.4 Å². The Bertz CT molecular complexity index is 905. The molecule has 1 heterocycles. The van der Waals surface area contributed by atoms with Gasteiger partial charge in [-0.3, -0.25) is 14.9 Å². The van der Waals surface area contributed by atoms with Crippen molar-refractivity contribution in [2.75, 3.05) is 0 Å². The van der Waals surface area contributed by atoms with Crippen molar-refractivity contribution in [2.24, 2.45) is 0 Å². The lowest BCUT2D eigenvalue weighted by Gasteiger charge is -2.03. The fourth-order valence-electron chi connectivity index (χ4n) is 2.28. The highest BCUT2D eigenvalue weighted by atomic mass is 35.5. The minimum atomic E-state index is -0.464. The van der Waals surface area contributed by atoms with Crippen LogP contribution >= 0.6 is 11.6 Å². The third-order valence-corrected chi connectivity index (χ3v) is 3.71. The summed E-state index contributed by atoms with van der Waals surface area (Å²) < 4.78 is 0. The summed E-state index contributed by atoms with van der Waals surface area (Å²) >= 11 is 5.80. The van der Waals surface area contributed by atoms with Crippen LogP contribution < -0.4 is 5.32 Å². The van der Waals surface area contributed by atoms with Gasteiger partial charge in [0.05, 0.1) is 28.9 Å². The summed E-state index contributed by atoms with van der Waals surface area (Å²) in [6.45, 7) is 0.217. The van der Waals surface area contributed by atoms with Crippen LogP contribution in [0.2, 0.25) is 5.02 Å². The molecule has 8 heteroatoms. The number of hydrogen-bond donors (Lipinski definition) is 2. The fraction of sp³-hybridized carbons (Fsp3) is 0.125. The molecule has 7 nitrogen and oxygen atoms in total. The number of halogens is 1. The van der Waals surface area contributed by atoms with Gasteiger partial charge in [0.1, 0.15) is 5.82 Å². The van der Waals surface area contributed by atoms with Gasteiger partial charge in [-0.2, -0.15) is 0 Å². The van der Waals surface area contributed by atoms with Crippen LogP contribution in [-0.4, -0.2) is 20.8 Å². The molecule has 0 aliphatic rings. The van der Waals surface area contributed by atoms with Gasteiger partial charge in [0, 0.05) is 17.2 Å². The summed E-state index contributed by atoms with van der Waals surface area (Å²) in [6.07, 6.45) is 0.239. The number of nitrogens with zero attached hydrogens (tertiary/aromatic N) is 2. The number of rotatable bonds is 5. The summed E-state index contributed by atoms with van der Waals surface area (Å²) in [5.74, 6) is 0.388. The lowest BCUT2D eigenvalue weighted by molar-refractivity contribution is -0.384. The molecule has 2 aromatic carbocycles. The lowest BCUT2D eigenvalue weighted by Crippen LogP contribution is -2.25. The number of hydrogen-bond acceptors (Lipinski definition) is 4. The average molecular weight is 345 g/mol. The Labute approximate surface area is 141 Å². The topological polar surface area (TPSA) is 101 Å². The van der Waals surface area contributed by atoms with Crippen molar-refractivity contribution >= 4 is 34.2 Å². The molecule has 0 saturated heterocycles. The quantitative estimate of drug-likeness (QED) is 0.548. The second kappa shape index (κ2) is 6.67. The largest absolute Gasteiger partial charge is 0.349 e. The number of nitro groups is 1. The number of non-ortho nitro benzene ring substituents is 1. The molecule has 122 valence electrons. The van der Waals surface area contributed by atoms with Crippen molar-refractivity contribution in [3.05, 3.63) is 69.0 Å². The molecule has 1 amide bonds. The number of aromatic amines is 1. The van der Waals surface area contributed by atoms with Gasteiger partial charge in [-0.05, 0) is 23.8 Å². The number of benzene rings is 2. The Morgan fingerprint density at radius 2 is 2.00 bits per heavy atom. The Hall–Kier alpha value is -2.93. The van der Waals surface area contributed by atoms with Gasteiger partial charge in [-0.1, -0.05) is 23.7 Å². The molecular formula is C16H13ClN4O3. The molecule has 0 radical (unpaired) electrons. The van der Waals surface area contributed by atoms with E-state index >= 15 is 0 Å². The van der Waals surface area contributed by atoms with E-state index < -0.39 is 4.92 Å². The summed E-state index contributed by atoms with van der Waals surface area (Å²) in [7, 11) is 0. The molecular weight excluding hydrogens is 332 g/mol. The van der Waals surface area contributed by atoms with Gasteiger partial charge in [-0.25, -0.2) is 4.98 Å². The second-order valence-corrected chi connectivity index (χ2v) is 5.66. The van der Waals surface area contributed by atoms with Crippen LogP contribution in [0.5, 0.6) is 0 Å². The van der Waals surface area contributed by atoms with E-state index in [0.717, 1.165) is 5.56 Å². The monoisotopic (exact) mass is 344 g/mol. The maximum absolute atomic E-state index is 12.0. The van der Waals surface area contributed by atoms with Crippen LogP contribution in [0.3, 0.4) is 0 Å². The lowest BCUT2D eigenvalue weighted by atomic mass is 10.1. The number of carbonyl (C=O) groups is 1. The summed E-state index contributed by atoms with van der Waals surface area (Å²) in [5, 5.41) is 14.1. The second-order valence-electron chi connectivity index (χ2n) is 5.22. The molecule has 0 atom stereocenters. The van der Waals surface area contributed by atoms with E-state index in [9.17, 15) is 14.9 Å². The van der Waals surface area contributed by atoms with E-state index in [-0.39, 0.29) is 24.6 Å². The number of nitro benzene ring substituents is 1. The maximum atomic E-state index is 12.0. The Kier molecular flexibility index (Phi) is 4.43. The fourth-order valence-corrected chi connectivity index (χ4v) is 2.41. The van der Waals surface area contributed by atoms with Crippen molar-refractivity contribution in [3.8, 4) is 0 Å². The predicted molar refractivity (Wildman–Crippen MR) is 89.8 cm³/mol. The standard InChI is InChI=1S/C16H13ClN4O3/c17-11-3-1-10(2-4-11)7-16(22)18-9-15-19-13-6-5-12(21(23)24)8-14(13)20-15/h1-6,8H,7,9H2,(H,18,22)(H,19,20). The van der Waals surface area contributed by atoms with E-state index in [1.54, 1.807) is 30.3 Å². The number of aromatic nitrogens is 2. The molecule has 3 rings (SSSR count). The number of amides is 1. The molecule has 0 fully saturated rings. The van der Waals surface area contributed by atoms with Crippen LogP contribution in [-0.2, 0) is 17.8 Å². The molecule has 0 bridgehead atoms. The van der Waals surface area contributed by atoms with Crippen molar-refractivity contribution in [3.63, 3.8) is 0 Å². The van der Waals surface area contributed by atoms with Gasteiger partial charge in [-0.15, -0.1) is 0 Å². The first kappa shape index (κ1) is 15.9. The maximum Gasteiger partial charge on any atom is 0.271 e. The first-order chi connectivity index (χ1) is 11.5. The Morgan fingerprint density at radius 1 is 1.25 bits per heavy atom.